The third-order valence-corrected chi connectivity index (χ3v) is 14.8. The van der Waals surface area contributed by atoms with E-state index in [1.807, 2.05) is 0 Å². The van der Waals surface area contributed by atoms with Crippen LogP contribution in [-0.4, -0.2) is 0 Å². The van der Waals surface area contributed by atoms with Crippen molar-refractivity contribution in [1.29, 1.82) is 0 Å². The summed E-state index contributed by atoms with van der Waals surface area (Å²) < 4.78 is 0. The van der Waals surface area contributed by atoms with E-state index in [0.29, 0.717) is 5.92 Å². The maximum atomic E-state index is 2.49. The molecule has 0 aromatic heterocycles. The summed E-state index contributed by atoms with van der Waals surface area (Å²) >= 11 is 0. The van der Waals surface area contributed by atoms with Gasteiger partial charge in [-0.1, -0.05) is 155 Å². The molecule has 282 valence electrons. The molecule has 0 radical (unpaired) electrons. The zero-order valence-corrected chi connectivity index (χ0v) is 33.6. The van der Waals surface area contributed by atoms with E-state index in [1.165, 1.54) is 136 Å². The van der Waals surface area contributed by atoms with Crippen molar-refractivity contribution in [3.8, 4) is 33.4 Å². The Kier molecular flexibility index (Phi) is 8.50. The Bertz CT molecular complexity index is 2580. The van der Waals surface area contributed by atoms with Crippen molar-refractivity contribution in [2.75, 3.05) is 4.90 Å². The molecule has 3 unspecified atom stereocenters. The first kappa shape index (κ1) is 34.8. The fourth-order valence-corrected chi connectivity index (χ4v) is 11.9. The van der Waals surface area contributed by atoms with E-state index in [1.54, 1.807) is 5.56 Å². The van der Waals surface area contributed by atoms with E-state index in [2.05, 4.69) is 170 Å². The topological polar surface area (TPSA) is 3.24 Å². The first-order valence-electron chi connectivity index (χ1n) is 21.9. The molecule has 1 nitrogen and oxygen atoms in total. The SMILES string of the molecule is CC1(C)c2cc(N(c3ccc(-c4ccc(C5CC6CCC5C6)cc4)cc3)c3ccc(C4CCCCC4)cc3)ccc2-c2cccc(-c3cccc4ccccc34)c21. The monoisotopic (exact) mass is 739 g/mol. The molecule has 4 aliphatic rings. The van der Waals surface area contributed by atoms with Crippen molar-refractivity contribution in [2.45, 2.75) is 88.9 Å². The van der Waals surface area contributed by atoms with E-state index in [0.717, 1.165) is 17.8 Å². The highest BCUT2D eigenvalue weighted by atomic mass is 15.1. The molecule has 0 saturated heterocycles. The van der Waals surface area contributed by atoms with Gasteiger partial charge in [-0.05, 0) is 159 Å². The summed E-state index contributed by atoms with van der Waals surface area (Å²) in [7, 11) is 0. The van der Waals surface area contributed by atoms with Crippen LogP contribution in [0.3, 0.4) is 0 Å². The maximum Gasteiger partial charge on any atom is 0.0465 e. The quantitative estimate of drug-likeness (QED) is 0.157. The minimum Gasteiger partial charge on any atom is -0.310 e. The maximum absolute atomic E-state index is 2.49. The fraction of sp³-hybridized carbons (Fsp3) is 0.286. The third kappa shape index (κ3) is 5.96. The summed E-state index contributed by atoms with van der Waals surface area (Å²) in [6.07, 6.45) is 12.4. The minimum atomic E-state index is -0.182. The van der Waals surface area contributed by atoms with E-state index < -0.39 is 0 Å². The molecule has 1 heteroatoms. The fourth-order valence-electron chi connectivity index (χ4n) is 11.9. The Balaban J connectivity index is 0.966. The van der Waals surface area contributed by atoms with Crippen molar-refractivity contribution < 1.29 is 0 Å². The Hall–Kier alpha value is -5.40. The molecular weight excluding hydrogens is 687 g/mol. The van der Waals surface area contributed by atoms with Crippen LogP contribution in [0.4, 0.5) is 17.1 Å². The van der Waals surface area contributed by atoms with Gasteiger partial charge in [0, 0.05) is 22.5 Å². The number of benzene rings is 7. The van der Waals surface area contributed by atoms with Gasteiger partial charge in [0.15, 0.2) is 0 Å². The summed E-state index contributed by atoms with van der Waals surface area (Å²) in [5.41, 5.74) is 17.2. The lowest BCUT2D eigenvalue weighted by molar-refractivity contribution is 0.420. The lowest BCUT2D eigenvalue weighted by atomic mass is 9.78. The molecule has 57 heavy (non-hydrogen) atoms. The second kappa shape index (κ2) is 13.9. The van der Waals surface area contributed by atoms with Crippen LogP contribution >= 0.6 is 0 Å². The Morgan fingerprint density at radius 1 is 0.491 bits per heavy atom. The van der Waals surface area contributed by atoms with Crippen LogP contribution in [0, 0.1) is 11.8 Å². The standard InChI is InChI=1S/C56H53N/c1-56(2)54-36-47(32-33-50(54)52-17-9-16-51(55(52)56)49-15-8-13-42-12-6-7-14-48(42)49)57(45-28-24-40(25-29-45)38-10-4-3-5-11-38)46-30-26-41(27-31-46)39-20-22-43(23-21-39)53-35-37-18-19-44(53)34-37/h6-9,12-17,20-33,36-38,44,53H,3-5,10-11,18-19,34-35H2,1-2H3. The van der Waals surface area contributed by atoms with E-state index >= 15 is 0 Å². The van der Waals surface area contributed by atoms with Crippen molar-refractivity contribution in [3.63, 3.8) is 0 Å². The smallest absolute Gasteiger partial charge is 0.0465 e. The van der Waals surface area contributed by atoms with Gasteiger partial charge in [0.2, 0.25) is 0 Å². The number of hydrogen-bond acceptors (Lipinski definition) is 1. The second-order valence-electron chi connectivity index (χ2n) is 18.3. The highest BCUT2D eigenvalue weighted by Gasteiger charge is 2.40. The predicted octanol–water partition coefficient (Wildman–Crippen LogP) is 15.9. The van der Waals surface area contributed by atoms with Gasteiger partial charge in [-0.25, -0.2) is 0 Å². The van der Waals surface area contributed by atoms with Gasteiger partial charge >= 0.3 is 0 Å². The summed E-state index contributed by atoms with van der Waals surface area (Å²) in [5.74, 6) is 3.34. The van der Waals surface area contributed by atoms with Gasteiger partial charge in [0.05, 0.1) is 0 Å². The Labute approximate surface area is 339 Å². The van der Waals surface area contributed by atoms with Gasteiger partial charge in [-0.2, -0.15) is 0 Å². The van der Waals surface area contributed by atoms with Gasteiger partial charge < -0.3 is 4.90 Å². The molecule has 2 bridgehead atoms. The molecular formula is C56H53N. The average Bonchev–Trinajstić information content (AvgIpc) is 3.97. The number of fused-ring (bicyclic) bond motifs is 6. The highest BCUT2D eigenvalue weighted by molar-refractivity contribution is 6.00. The molecule has 3 saturated carbocycles. The molecule has 0 amide bonds. The molecule has 0 N–H and O–H groups in total. The molecule has 7 aromatic rings. The largest absolute Gasteiger partial charge is 0.310 e. The number of rotatable bonds is 7. The van der Waals surface area contributed by atoms with Crippen LogP contribution in [0.25, 0.3) is 44.2 Å². The molecule has 4 aliphatic carbocycles. The van der Waals surface area contributed by atoms with Gasteiger partial charge in [0.25, 0.3) is 0 Å². The Morgan fingerprint density at radius 2 is 1.11 bits per heavy atom. The molecule has 7 aromatic carbocycles. The highest BCUT2D eigenvalue weighted by Crippen LogP contribution is 2.55. The molecule has 3 fully saturated rings. The van der Waals surface area contributed by atoms with Crippen LogP contribution < -0.4 is 4.90 Å². The lowest BCUT2D eigenvalue weighted by Gasteiger charge is -2.29. The normalized spacial score (nSPS) is 20.8. The van der Waals surface area contributed by atoms with Crippen LogP contribution in [0.5, 0.6) is 0 Å². The second-order valence-corrected chi connectivity index (χ2v) is 18.3. The number of anilines is 3. The van der Waals surface area contributed by atoms with Crippen LogP contribution in [0.1, 0.15) is 106 Å². The van der Waals surface area contributed by atoms with E-state index in [-0.39, 0.29) is 5.41 Å². The summed E-state index contributed by atoms with van der Waals surface area (Å²) in [6, 6.07) is 58.2. The summed E-state index contributed by atoms with van der Waals surface area (Å²) in [5, 5.41) is 2.59. The zero-order chi connectivity index (χ0) is 38.1. The zero-order valence-electron chi connectivity index (χ0n) is 33.6. The first-order chi connectivity index (χ1) is 28.0. The average molecular weight is 740 g/mol. The van der Waals surface area contributed by atoms with Crippen LogP contribution in [-0.2, 0) is 5.41 Å². The lowest BCUT2D eigenvalue weighted by Crippen LogP contribution is -2.17. The predicted molar refractivity (Wildman–Crippen MR) is 241 cm³/mol. The van der Waals surface area contributed by atoms with Crippen molar-refractivity contribution in [2.24, 2.45) is 11.8 Å². The minimum absolute atomic E-state index is 0.182. The molecule has 0 spiro atoms. The molecule has 0 aliphatic heterocycles. The number of nitrogens with zero attached hydrogens (tertiary/aromatic N) is 1. The van der Waals surface area contributed by atoms with Gasteiger partial charge in [-0.3, -0.25) is 0 Å². The van der Waals surface area contributed by atoms with Crippen molar-refractivity contribution in [3.05, 3.63) is 174 Å². The number of hydrogen-bond donors (Lipinski definition) is 0. The van der Waals surface area contributed by atoms with E-state index in [4.69, 9.17) is 0 Å². The van der Waals surface area contributed by atoms with E-state index in [9.17, 15) is 0 Å². The van der Waals surface area contributed by atoms with Crippen LogP contribution in [0.15, 0.2) is 152 Å². The first-order valence-corrected chi connectivity index (χ1v) is 21.9. The van der Waals surface area contributed by atoms with Gasteiger partial charge in [0.1, 0.15) is 0 Å². The summed E-state index contributed by atoms with van der Waals surface area (Å²) in [6.45, 7) is 4.85. The van der Waals surface area contributed by atoms with Gasteiger partial charge in [-0.15, -0.1) is 0 Å². The molecule has 11 rings (SSSR count). The van der Waals surface area contributed by atoms with Crippen molar-refractivity contribution >= 4 is 27.8 Å². The third-order valence-electron chi connectivity index (χ3n) is 14.8. The van der Waals surface area contributed by atoms with Crippen molar-refractivity contribution in [1.82, 2.24) is 0 Å². The van der Waals surface area contributed by atoms with Crippen LogP contribution in [0.2, 0.25) is 0 Å². The summed E-state index contributed by atoms with van der Waals surface area (Å²) in [4.78, 5) is 2.48. The molecule has 0 heterocycles. The Morgan fingerprint density at radius 3 is 1.82 bits per heavy atom. The molecule has 3 atom stereocenters.